The molecule has 0 spiro atoms. The van der Waals surface area contributed by atoms with E-state index in [-0.39, 0.29) is 0 Å². The maximum atomic E-state index is 10.7. The summed E-state index contributed by atoms with van der Waals surface area (Å²) in [6.45, 7) is 0. The summed E-state index contributed by atoms with van der Waals surface area (Å²) in [7, 11) is 3.27. The molecular weight excluding hydrogens is 240 g/mol. The fourth-order valence-corrected chi connectivity index (χ4v) is 3.03. The van der Waals surface area contributed by atoms with Crippen molar-refractivity contribution in [3.8, 4) is 11.5 Å². The highest BCUT2D eigenvalue weighted by molar-refractivity contribution is 5.46. The van der Waals surface area contributed by atoms with E-state index >= 15 is 0 Å². The molecule has 0 saturated heterocycles. The van der Waals surface area contributed by atoms with E-state index in [0.717, 1.165) is 29.9 Å². The number of hydrogen-bond acceptors (Lipinski definition) is 3. The third-order valence-electron chi connectivity index (χ3n) is 4.11. The van der Waals surface area contributed by atoms with Crippen LogP contribution in [0.15, 0.2) is 18.2 Å². The second-order valence-electron chi connectivity index (χ2n) is 5.27. The van der Waals surface area contributed by atoms with Crippen molar-refractivity contribution >= 4 is 0 Å². The molecule has 0 aromatic heterocycles. The summed E-state index contributed by atoms with van der Waals surface area (Å²) in [5.74, 6) is 1.75. The molecule has 106 valence electrons. The molecule has 0 bridgehead atoms. The Morgan fingerprint density at radius 2 is 1.53 bits per heavy atom. The van der Waals surface area contributed by atoms with Gasteiger partial charge in [-0.05, 0) is 30.9 Å². The van der Waals surface area contributed by atoms with Crippen molar-refractivity contribution in [1.82, 2.24) is 0 Å². The van der Waals surface area contributed by atoms with Crippen molar-refractivity contribution in [2.45, 2.75) is 44.6 Å². The van der Waals surface area contributed by atoms with Gasteiger partial charge in [-0.25, -0.2) is 0 Å². The molecule has 2 rings (SSSR count). The van der Waals surface area contributed by atoms with Crippen LogP contribution in [0.25, 0.3) is 0 Å². The summed E-state index contributed by atoms with van der Waals surface area (Å²) >= 11 is 0. The normalized spacial score (nSPS) is 18.7. The average molecular weight is 264 g/mol. The molecule has 1 aliphatic rings. The van der Waals surface area contributed by atoms with Crippen molar-refractivity contribution in [3.05, 3.63) is 23.8 Å². The molecule has 1 fully saturated rings. The molecule has 1 N–H and O–H groups in total. The van der Waals surface area contributed by atoms with Gasteiger partial charge in [-0.3, -0.25) is 0 Å². The summed E-state index contributed by atoms with van der Waals surface area (Å²) in [5.41, 5.74) is 0.805. The van der Waals surface area contributed by atoms with E-state index < -0.39 is 6.10 Å². The van der Waals surface area contributed by atoms with Crippen LogP contribution in [0.1, 0.15) is 50.2 Å². The zero-order valence-electron chi connectivity index (χ0n) is 11.9. The lowest BCUT2D eigenvalue weighted by Crippen LogP contribution is -2.14. The van der Waals surface area contributed by atoms with Gasteiger partial charge in [-0.2, -0.15) is 0 Å². The van der Waals surface area contributed by atoms with Gasteiger partial charge in [0, 0.05) is 0 Å². The first-order valence-electron chi connectivity index (χ1n) is 7.17. The van der Waals surface area contributed by atoms with Crippen molar-refractivity contribution in [3.63, 3.8) is 0 Å². The number of benzene rings is 1. The number of rotatable bonds is 4. The van der Waals surface area contributed by atoms with Crippen LogP contribution < -0.4 is 9.47 Å². The van der Waals surface area contributed by atoms with Crippen LogP contribution >= 0.6 is 0 Å². The minimum atomic E-state index is -0.496. The molecule has 1 atom stereocenters. The predicted octanol–water partition coefficient (Wildman–Crippen LogP) is 3.71. The van der Waals surface area contributed by atoms with Crippen molar-refractivity contribution in [1.29, 1.82) is 0 Å². The monoisotopic (exact) mass is 264 g/mol. The lowest BCUT2D eigenvalue weighted by Gasteiger charge is -2.24. The van der Waals surface area contributed by atoms with E-state index in [0.29, 0.717) is 5.92 Å². The Kier molecular flexibility index (Phi) is 5.08. The second kappa shape index (κ2) is 6.80. The van der Waals surface area contributed by atoms with Gasteiger partial charge in [0.1, 0.15) is 11.5 Å². The number of hydrogen-bond donors (Lipinski definition) is 1. The highest BCUT2D eigenvalue weighted by Crippen LogP contribution is 2.41. The molecule has 0 amide bonds. The molecule has 19 heavy (non-hydrogen) atoms. The Balaban J connectivity index is 2.27. The molecule has 3 heteroatoms. The molecule has 0 radical (unpaired) electrons. The van der Waals surface area contributed by atoms with E-state index in [1.807, 2.05) is 18.2 Å². The Morgan fingerprint density at radius 1 is 1.00 bits per heavy atom. The summed E-state index contributed by atoms with van der Waals surface area (Å²) in [5, 5.41) is 10.7. The standard InChI is InChI=1S/C16H24O3/c1-18-13-10-7-11-14(19-2)15(13)16(17)12-8-5-3-4-6-9-12/h7,10-12,16-17H,3-6,8-9H2,1-2H3. The topological polar surface area (TPSA) is 38.7 Å². The van der Waals surface area contributed by atoms with E-state index in [2.05, 4.69) is 0 Å². The summed E-state index contributed by atoms with van der Waals surface area (Å²) in [6.07, 6.45) is 6.66. The minimum Gasteiger partial charge on any atom is -0.496 e. The van der Waals surface area contributed by atoms with Gasteiger partial charge in [0.25, 0.3) is 0 Å². The number of ether oxygens (including phenoxy) is 2. The van der Waals surface area contributed by atoms with Crippen LogP contribution in [0.2, 0.25) is 0 Å². The van der Waals surface area contributed by atoms with Gasteiger partial charge < -0.3 is 14.6 Å². The quantitative estimate of drug-likeness (QED) is 0.843. The molecular formula is C16H24O3. The number of methoxy groups -OCH3 is 2. The molecule has 0 heterocycles. The third-order valence-corrected chi connectivity index (χ3v) is 4.11. The minimum absolute atomic E-state index is 0.313. The van der Waals surface area contributed by atoms with Crippen molar-refractivity contribution < 1.29 is 14.6 Å². The van der Waals surface area contributed by atoms with Crippen molar-refractivity contribution in [2.75, 3.05) is 14.2 Å². The van der Waals surface area contributed by atoms with Crippen LogP contribution in [0.4, 0.5) is 0 Å². The van der Waals surface area contributed by atoms with Crippen LogP contribution in [-0.2, 0) is 0 Å². The van der Waals surface area contributed by atoms with Crippen molar-refractivity contribution in [2.24, 2.45) is 5.92 Å². The number of aliphatic hydroxyl groups excluding tert-OH is 1. The molecule has 1 unspecified atom stereocenters. The Bertz CT molecular complexity index is 373. The summed E-state index contributed by atoms with van der Waals surface area (Å²) in [6, 6.07) is 5.66. The average Bonchev–Trinajstić information content (AvgIpc) is 2.74. The zero-order valence-corrected chi connectivity index (χ0v) is 11.9. The Labute approximate surface area is 115 Å². The molecule has 3 nitrogen and oxygen atoms in total. The molecule has 1 aromatic rings. The van der Waals surface area contributed by atoms with Gasteiger partial charge in [-0.1, -0.05) is 31.7 Å². The van der Waals surface area contributed by atoms with E-state index in [1.165, 1.54) is 25.7 Å². The van der Waals surface area contributed by atoms with Crippen LogP contribution in [0.5, 0.6) is 11.5 Å². The fraction of sp³-hybridized carbons (Fsp3) is 0.625. The second-order valence-corrected chi connectivity index (χ2v) is 5.27. The van der Waals surface area contributed by atoms with E-state index in [1.54, 1.807) is 14.2 Å². The summed E-state index contributed by atoms with van der Waals surface area (Å²) in [4.78, 5) is 0. The highest BCUT2D eigenvalue weighted by atomic mass is 16.5. The Hall–Kier alpha value is -1.22. The predicted molar refractivity (Wildman–Crippen MR) is 75.7 cm³/mol. The van der Waals surface area contributed by atoms with Crippen LogP contribution in [-0.4, -0.2) is 19.3 Å². The molecule has 1 aromatic carbocycles. The molecule has 0 aliphatic heterocycles. The van der Waals surface area contributed by atoms with Gasteiger partial charge in [-0.15, -0.1) is 0 Å². The van der Waals surface area contributed by atoms with E-state index in [4.69, 9.17) is 9.47 Å². The maximum Gasteiger partial charge on any atom is 0.128 e. The lowest BCUT2D eigenvalue weighted by molar-refractivity contribution is 0.0933. The van der Waals surface area contributed by atoms with Gasteiger partial charge in [0.2, 0.25) is 0 Å². The first-order chi connectivity index (χ1) is 9.27. The first-order valence-corrected chi connectivity index (χ1v) is 7.17. The van der Waals surface area contributed by atoms with Gasteiger partial charge >= 0.3 is 0 Å². The van der Waals surface area contributed by atoms with Gasteiger partial charge in [0.15, 0.2) is 0 Å². The summed E-state index contributed by atoms with van der Waals surface area (Å²) < 4.78 is 10.8. The first kappa shape index (κ1) is 14.2. The largest absolute Gasteiger partial charge is 0.496 e. The lowest BCUT2D eigenvalue weighted by atomic mass is 9.88. The van der Waals surface area contributed by atoms with E-state index in [9.17, 15) is 5.11 Å². The van der Waals surface area contributed by atoms with Crippen LogP contribution in [0.3, 0.4) is 0 Å². The Morgan fingerprint density at radius 3 is 2.00 bits per heavy atom. The third kappa shape index (κ3) is 3.21. The zero-order chi connectivity index (χ0) is 13.7. The van der Waals surface area contributed by atoms with Crippen LogP contribution in [0, 0.1) is 5.92 Å². The van der Waals surface area contributed by atoms with Gasteiger partial charge in [0.05, 0.1) is 25.9 Å². The fourth-order valence-electron chi connectivity index (χ4n) is 3.03. The molecule has 1 saturated carbocycles. The smallest absolute Gasteiger partial charge is 0.128 e. The SMILES string of the molecule is COc1cccc(OC)c1C(O)C1CCCCCC1. The maximum absolute atomic E-state index is 10.7. The highest BCUT2D eigenvalue weighted by Gasteiger charge is 2.27. The number of aliphatic hydroxyl groups is 1. The molecule has 1 aliphatic carbocycles.